The van der Waals surface area contributed by atoms with E-state index in [-0.39, 0.29) is 0 Å². The molecule has 2 heterocycles. The number of likely N-dealkylation sites (tertiary alicyclic amines) is 2. The number of aryl methyl sites for hydroxylation is 1. The molecule has 0 aromatic heterocycles. The molecule has 2 aliphatic heterocycles. The summed E-state index contributed by atoms with van der Waals surface area (Å²) in [4.78, 5) is 15.2. The Balaban J connectivity index is 0.000000165. The Hall–Kier alpha value is -2.91. The van der Waals surface area contributed by atoms with Crippen LogP contribution in [0.15, 0.2) is 84.9 Å². The second-order valence-electron chi connectivity index (χ2n) is 9.39. The predicted molar refractivity (Wildman–Crippen MR) is 136 cm³/mol. The van der Waals surface area contributed by atoms with Crippen molar-refractivity contribution in [3.8, 4) is 0 Å². The van der Waals surface area contributed by atoms with Crippen LogP contribution >= 0.6 is 0 Å². The van der Waals surface area contributed by atoms with Gasteiger partial charge in [0.1, 0.15) is 0 Å². The Labute approximate surface area is 199 Å². The van der Waals surface area contributed by atoms with Gasteiger partial charge in [-0.3, -0.25) is 9.69 Å². The van der Waals surface area contributed by atoms with Gasteiger partial charge < -0.3 is 4.90 Å². The third kappa shape index (κ3) is 6.55. The number of carbonyl (C=O) groups excluding carboxylic acids is 1. The SMILES string of the molecule is Cc1ccccc1C1CCN(Cc2ccccc2)C1.O=CN1CCCC1Cc1ccccc1. The molecule has 3 nitrogen and oxygen atoms in total. The smallest absolute Gasteiger partial charge is 0.209 e. The first-order valence-corrected chi connectivity index (χ1v) is 12.3. The average molecular weight is 441 g/mol. The molecule has 5 rings (SSSR count). The maximum Gasteiger partial charge on any atom is 0.209 e. The van der Waals surface area contributed by atoms with E-state index in [1.807, 2.05) is 11.0 Å². The normalized spacial score (nSPS) is 20.3. The molecule has 3 aromatic carbocycles. The fourth-order valence-electron chi connectivity index (χ4n) is 5.22. The first-order chi connectivity index (χ1) is 16.2. The first-order valence-electron chi connectivity index (χ1n) is 12.3. The molecule has 0 radical (unpaired) electrons. The minimum atomic E-state index is 0.426. The summed E-state index contributed by atoms with van der Waals surface area (Å²) in [5.74, 6) is 0.713. The minimum Gasteiger partial charge on any atom is -0.342 e. The summed E-state index contributed by atoms with van der Waals surface area (Å²) in [6.45, 7) is 6.66. The van der Waals surface area contributed by atoms with E-state index in [9.17, 15) is 4.79 Å². The van der Waals surface area contributed by atoms with E-state index in [1.165, 1.54) is 41.8 Å². The summed E-state index contributed by atoms with van der Waals surface area (Å²) < 4.78 is 0. The van der Waals surface area contributed by atoms with Gasteiger partial charge in [0.05, 0.1) is 0 Å². The van der Waals surface area contributed by atoms with Crippen molar-refractivity contribution in [1.82, 2.24) is 9.80 Å². The zero-order chi connectivity index (χ0) is 22.9. The Morgan fingerprint density at radius 1 is 0.818 bits per heavy atom. The van der Waals surface area contributed by atoms with Crippen LogP contribution in [-0.2, 0) is 17.8 Å². The first kappa shape index (κ1) is 23.3. The van der Waals surface area contributed by atoms with Gasteiger partial charge in [-0.15, -0.1) is 0 Å². The Bertz CT molecular complexity index is 988. The topological polar surface area (TPSA) is 23.6 Å². The average Bonchev–Trinajstić information content (AvgIpc) is 3.50. The highest BCUT2D eigenvalue weighted by atomic mass is 16.1. The Morgan fingerprint density at radius 3 is 2.18 bits per heavy atom. The lowest BCUT2D eigenvalue weighted by Gasteiger charge is -2.19. The molecule has 2 fully saturated rings. The number of rotatable bonds is 6. The maximum absolute atomic E-state index is 10.7. The fraction of sp³-hybridized carbons (Fsp3) is 0.367. The highest BCUT2D eigenvalue weighted by molar-refractivity contribution is 5.48. The van der Waals surface area contributed by atoms with Crippen molar-refractivity contribution in [3.63, 3.8) is 0 Å². The molecule has 0 bridgehead atoms. The second kappa shape index (κ2) is 11.8. The number of nitrogens with zero attached hydrogens (tertiary/aromatic N) is 2. The van der Waals surface area contributed by atoms with Gasteiger partial charge in [0.2, 0.25) is 6.41 Å². The number of hydrogen-bond donors (Lipinski definition) is 0. The summed E-state index contributed by atoms with van der Waals surface area (Å²) in [6, 6.07) is 30.4. The number of amides is 1. The Morgan fingerprint density at radius 2 is 1.48 bits per heavy atom. The van der Waals surface area contributed by atoms with E-state index in [2.05, 4.69) is 90.7 Å². The molecule has 0 saturated carbocycles. The minimum absolute atomic E-state index is 0.426. The van der Waals surface area contributed by atoms with Crippen molar-refractivity contribution >= 4 is 6.41 Å². The van der Waals surface area contributed by atoms with Gasteiger partial charge in [-0.25, -0.2) is 0 Å². The van der Waals surface area contributed by atoms with Gasteiger partial charge in [-0.05, 0) is 67.3 Å². The lowest BCUT2D eigenvalue weighted by atomic mass is 9.94. The van der Waals surface area contributed by atoms with Crippen LogP contribution in [0.4, 0.5) is 0 Å². The van der Waals surface area contributed by atoms with Crippen LogP contribution in [0, 0.1) is 6.92 Å². The van der Waals surface area contributed by atoms with E-state index in [0.717, 1.165) is 38.8 Å². The second-order valence-corrected chi connectivity index (χ2v) is 9.39. The van der Waals surface area contributed by atoms with Crippen LogP contribution < -0.4 is 0 Å². The van der Waals surface area contributed by atoms with E-state index in [1.54, 1.807) is 0 Å². The quantitative estimate of drug-likeness (QED) is 0.450. The molecular formula is C30H36N2O. The van der Waals surface area contributed by atoms with Crippen molar-refractivity contribution in [2.45, 2.75) is 51.1 Å². The number of hydrogen-bond acceptors (Lipinski definition) is 2. The van der Waals surface area contributed by atoms with Crippen LogP contribution in [0.1, 0.15) is 47.4 Å². The summed E-state index contributed by atoms with van der Waals surface area (Å²) in [7, 11) is 0. The van der Waals surface area contributed by atoms with E-state index < -0.39 is 0 Å². The highest BCUT2D eigenvalue weighted by Crippen LogP contribution is 2.30. The van der Waals surface area contributed by atoms with E-state index in [0.29, 0.717) is 12.0 Å². The van der Waals surface area contributed by atoms with E-state index >= 15 is 0 Å². The monoisotopic (exact) mass is 440 g/mol. The molecule has 2 aliphatic rings. The molecule has 2 atom stereocenters. The molecule has 3 heteroatoms. The molecular weight excluding hydrogens is 404 g/mol. The maximum atomic E-state index is 10.7. The lowest BCUT2D eigenvalue weighted by molar-refractivity contribution is -0.118. The largest absolute Gasteiger partial charge is 0.342 e. The third-order valence-corrected chi connectivity index (χ3v) is 7.02. The van der Waals surface area contributed by atoms with Crippen molar-refractivity contribution in [2.75, 3.05) is 19.6 Å². The van der Waals surface area contributed by atoms with Gasteiger partial charge in [0.15, 0.2) is 0 Å². The van der Waals surface area contributed by atoms with Gasteiger partial charge in [-0.1, -0.05) is 84.9 Å². The van der Waals surface area contributed by atoms with Gasteiger partial charge in [0, 0.05) is 25.7 Å². The molecule has 1 amide bonds. The van der Waals surface area contributed by atoms with Gasteiger partial charge in [-0.2, -0.15) is 0 Å². The van der Waals surface area contributed by atoms with Crippen LogP contribution in [0.2, 0.25) is 0 Å². The zero-order valence-electron chi connectivity index (χ0n) is 19.8. The summed E-state index contributed by atoms with van der Waals surface area (Å²) in [5, 5.41) is 0. The van der Waals surface area contributed by atoms with Gasteiger partial charge >= 0.3 is 0 Å². The lowest BCUT2D eigenvalue weighted by Crippen LogP contribution is -2.29. The van der Waals surface area contributed by atoms with Crippen LogP contribution in [0.5, 0.6) is 0 Å². The molecule has 2 unspecified atom stereocenters. The molecule has 172 valence electrons. The summed E-state index contributed by atoms with van der Waals surface area (Å²) in [5.41, 5.74) is 5.73. The van der Waals surface area contributed by atoms with E-state index in [4.69, 9.17) is 0 Å². The summed E-state index contributed by atoms with van der Waals surface area (Å²) in [6.07, 6.45) is 5.57. The molecule has 33 heavy (non-hydrogen) atoms. The molecule has 0 N–H and O–H groups in total. The number of carbonyl (C=O) groups is 1. The summed E-state index contributed by atoms with van der Waals surface area (Å²) >= 11 is 0. The van der Waals surface area contributed by atoms with Crippen molar-refractivity contribution in [1.29, 1.82) is 0 Å². The highest BCUT2D eigenvalue weighted by Gasteiger charge is 2.24. The molecule has 0 aliphatic carbocycles. The molecule has 3 aromatic rings. The Kier molecular flexibility index (Phi) is 8.32. The van der Waals surface area contributed by atoms with Crippen LogP contribution in [0.3, 0.4) is 0 Å². The van der Waals surface area contributed by atoms with Crippen molar-refractivity contribution in [3.05, 3.63) is 107 Å². The fourth-order valence-corrected chi connectivity index (χ4v) is 5.22. The number of benzene rings is 3. The van der Waals surface area contributed by atoms with Crippen LogP contribution in [-0.4, -0.2) is 41.9 Å². The molecule has 2 saturated heterocycles. The van der Waals surface area contributed by atoms with Crippen molar-refractivity contribution in [2.24, 2.45) is 0 Å². The van der Waals surface area contributed by atoms with Gasteiger partial charge in [0.25, 0.3) is 0 Å². The van der Waals surface area contributed by atoms with Crippen LogP contribution in [0.25, 0.3) is 0 Å². The predicted octanol–water partition coefficient (Wildman–Crippen LogP) is 5.83. The standard InChI is InChI=1S/C18H21N.C12H15NO/c1-15-7-5-6-10-18(15)17-11-12-19(14-17)13-16-8-3-2-4-9-16;14-10-13-8-4-7-12(13)9-11-5-2-1-3-6-11/h2-10,17H,11-14H2,1H3;1-3,5-6,10,12H,4,7-9H2. The van der Waals surface area contributed by atoms with Crippen molar-refractivity contribution < 1.29 is 4.79 Å². The molecule has 0 spiro atoms. The zero-order valence-corrected chi connectivity index (χ0v) is 19.8. The third-order valence-electron chi connectivity index (χ3n) is 7.02.